The first-order valence-corrected chi connectivity index (χ1v) is 11.8. The van der Waals surface area contributed by atoms with Gasteiger partial charge in [0, 0.05) is 44.1 Å². The monoisotopic (exact) mass is 441 g/mol. The number of imidazole rings is 1. The average molecular weight is 442 g/mol. The van der Waals surface area contributed by atoms with E-state index in [9.17, 15) is 8.42 Å². The third kappa shape index (κ3) is 5.69. The largest absolute Gasteiger partial charge is 0.494 e. The van der Waals surface area contributed by atoms with Gasteiger partial charge in [0.05, 0.1) is 18.6 Å². The molecule has 0 saturated carbocycles. The summed E-state index contributed by atoms with van der Waals surface area (Å²) >= 11 is 0. The highest BCUT2D eigenvalue weighted by atomic mass is 32.2. The summed E-state index contributed by atoms with van der Waals surface area (Å²) in [6, 6.07) is 13.7. The minimum absolute atomic E-state index is 0.0657. The first-order chi connectivity index (χ1) is 15.0. The zero-order chi connectivity index (χ0) is 21.7. The Bertz CT molecular complexity index is 1080. The SMILES string of the molecule is Cn1cnc(S(=O)(=O)N[C@@H]2CCN(CCCOc3ccc(-c4ccccn4)cc3)C2)c1. The van der Waals surface area contributed by atoms with Gasteiger partial charge in [-0.05, 0) is 55.8 Å². The van der Waals surface area contributed by atoms with Gasteiger partial charge in [0.1, 0.15) is 5.75 Å². The number of rotatable bonds is 9. The molecule has 1 aromatic carbocycles. The average Bonchev–Trinajstić information content (AvgIpc) is 3.41. The predicted octanol–water partition coefficient (Wildman–Crippen LogP) is 2.30. The van der Waals surface area contributed by atoms with E-state index in [1.54, 1.807) is 17.8 Å². The summed E-state index contributed by atoms with van der Waals surface area (Å²) in [4.78, 5) is 10.6. The molecule has 0 amide bonds. The Hall–Kier alpha value is -2.75. The molecule has 1 atom stereocenters. The van der Waals surface area contributed by atoms with Crippen molar-refractivity contribution in [2.75, 3.05) is 26.2 Å². The van der Waals surface area contributed by atoms with E-state index in [0.29, 0.717) is 13.2 Å². The van der Waals surface area contributed by atoms with Crippen LogP contribution in [0.15, 0.2) is 66.2 Å². The molecule has 0 spiro atoms. The van der Waals surface area contributed by atoms with Crippen molar-refractivity contribution in [2.24, 2.45) is 7.05 Å². The van der Waals surface area contributed by atoms with E-state index in [4.69, 9.17) is 4.74 Å². The van der Waals surface area contributed by atoms with Gasteiger partial charge in [-0.2, -0.15) is 0 Å². The second kappa shape index (κ2) is 9.59. The Labute approximate surface area is 183 Å². The van der Waals surface area contributed by atoms with Crippen LogP contribution in [-0.2, 0) is 17.1 Å². The van der Waals surface area contributed by atoms with Crippen LogP contribution in [-0.4, -0.2) is 60.1 Å². The molecule has 3 heterocycles. The van der Waals surface area contributed by atoms with Crippen LogP contribution in [0.3, 0.4) is 0 Å². The standard InChI is InChI=1S/C22H27N5O3S/c1-26-16-22(24-17-26)31(28,29)25-19-10-13-27(15-19)12-4-14-30-20-8-6-18(7-9-20)21-5-2-3-11-23-21/h2-3,5-9,11,16-17,19,25H,4,10,12-15H2,1H3/t19-/m1/s1. The van der Waals surface area contributed by atoms with Crippen molar-refractivity contribution in [3.63, 3.8) is 0 Å². The summed E-state index contributed by atoms with van der Waals surface area (Å²) < 4.78 is 35.1. The molecule has 3 aromatic rings. The highest BCUT2D eigenvalue weighted by Crippen LogP contribution is 2.20. The van der Waals surface area contributed by atoms with Crippen LogP contribution in [0.25, 0.3) is 11.3 Å². The fourth-order valence-corrected chi connectivity index (χ4v) is 4.92. The van der Waals surface area contributed by atoms with Crippen LogP contribution in [0, 0.1) is 0 Å². The number of sulfonamides is 1. The minimum atomic E-state index is -3.57. The van der Waals surface area contributed by atoms with E-state index >= 15 is 0 Å². The Morgan fingerprint density at radius 2 is 2.00 bits per heavy atom. The molecule has 8 nitrogen and oxygen atoms in total. The number of hydrogen-bond donors (Lipinski definition) is 1. The van der Waals surface area contributed by atoms with Crippen molar-refractivity contribution >= 4 is 10.0 Å². The zero-order valence-corrected chi connectivity index (χ0v) is 18.3. The molecular formula is C22H27N5O3S. The Kier molecular flexibility index (Phi) is 6.64. The molecule has 1 N–H and O–H groups in total. The molecule has 0 radical (unpaired) electrons. The number of pyridine rings is 1. The quantitative estimate of drug-likeness (QED) is 0.513. The molecule has 0 aliphatic carbocycles. The van der Waals surface area contributed by atoms with Gasteiger partial charge in [0.25, 0.3) is 10.0 Å². The number of ether oxygens (including phenoxy) is 1. The topological polar surface area (TPSA) is 89.4 Å². The molecule has 164 valence electrons. The third-order valence-electron chi connectivity index (χ3n) is 5.25. The molecule has 1 fully saturated rings. The molecule has 0 bridgehead atoms. The maximum atomic E-state index is 12.4. The van der Waals surface area contributed by atoms with Crippen LogP contribution < -0.4 is 9.46 Å². The first-order valence-electron chi connectivity index (χ1n) is 10.4. The van der Waals surface area contributed by atoms with E-state index < -0.39 is 10.0 Å². The minimum Gasteiger partial charge on any atom is -0.494 e. The lowest BCUT2D eigenvalue weighted by atomic mass is 10.1. The normalized spacial score (nSPS) is 17.1. The third-order valence-corrected chi connectivity index (χ3v) is 6.66. The van der Waals surface area contributed by atoms with E-state index in [0.717, 1.165) is 42.9 Å². The number of benzene rings is 1. The fourth-order valence-electron chi connectivity index (χ4n) is 3.67. The van der Waals surface area contributed by atoms with Crippen molar-refractivity contribution in [3.05, 3.63) is 61.2 Å². The molecule has 0 unspecified atom stereocenters. The predicted molar refractivity (Wildman–Crippen MR) is 118 cm³/mol. The van der Waals surface area contributed by atoms with Crippen LogP contribution in [0.4, 0.5) is 0 Å². The van der Waals surface area contributed by atoms with Crippen LogP contribution in [0.5, 0.6) is 5.75 Å². The number of nitrogens with zero attached hydrogens (tertiary/aromatic N) is 4. The Morgan fingerprint density at radius 3 is 2.71 bits per heavy atom. The van der Waals surface area contributed by atoms with Gasteiger partial charge < -0.3 is 14.2 Å². The lowest BCUT2D eigenvalue weighted by Gasteiger charge is -2.16. The van der Waals surface area contributed by atoms with Crippen LogP contribution >= 0.6 is 0 Å². The van der Waals surface area contributed by atoms with E-state index in [1.165, 1.54) is 12.5 Å². The molecule has 1 saturated heterocycles. The molecule has 4 rings (SSSR count). The van der Waals surface area contributed by atoms with Crippen molar-refractivity contribution < 1.29 is 13.2 Å². The maximum Gasteiger partial charge on any atom is 0.259 e. The first kappa shape index (κ1) is 21.5. The van der Waals surface area contributed by atoms with E-state index in [2.05, 4.69) is 19.6 Å². The summed E-state index contributed by atoms with van der Waals surface area (Å²) in [6.45, 7) is 3.05. The summed E-state index contributed by atoms with van der Waals surface area (Å²) in [5.74, 6) is 0.835. The van der Waals surface area contributed by atoms with Crippen molar-refractivity contribution in [3.8, 4) is 17.0 Å². The van der Waals surface area contributed by atoms with Crippen molar-refractivity contribution in [1.82, 2.24) is 24.2 Å². The Morgan fingerprint density at radius 1 is 1.16 bits per heavy atom. The molecular weight excluding hydrogens is 414 g/mol. The number of likely N-dealkylation sites (tertiary alicyclic amines) is 1. The van der Waals surface area contributed by atoms with E-state index in [1.807, 2.05) is 42.5 Å². The second-order valence-electron chi connectivity index (χ2n) is 7.73. The molecule has 2 aromatic heterocycles. The highest BCUT2D eigenvalue weighted by Gasteiger charge is 2.28. The van der Waals surface area contributed by atoms with Crippen LogP contribution in [0.2, 0.25) is 0 Å². The number of aromatic nitrogens is 3. The number of aryl methyl sites for hydroxylation is 1. The fraction of sp³-hybridized carbons (Fsp3) is 0.364. The van der Waals surface area contributed by atoms with Gasteiger partial charge in [0.2, 0.25) is 0 Å². The summed E-state index contributed by atoms with van der Waals surface area (Å²) in [6.07, 6.45) is 6.45. The second-order valence-corrected chi connectivity index (χ2v) is 9.39. The van der Waals surface area contributed by atoms with Gasteiger partial charge in [-0.15, -0.1) is 0 Å². The van der Waals surface area contributed by atoms with Gasteiger partial charge >= 0.3 is 0 Å². The van der Waals surface area contributed by atoms with Crippen LogP contribution in [0.1, 0.15) is 12.8 Å². The summed E-state index contributed by atoms with van der Waals surface area (Å²) in [5.41, 5.74) is 2.00. The van der Waals surface area contributed by atoms with Gasteiger partial charge in [-0.25, -0.2) is 18.1 Å². The lowest BCUT2D eigenvalue weighted by molar-refractivity contribution is 0.261. The van der Waals surface area contributed by atoms with Gasteiger partial charge in [-0.3, -0.25) is 4.98 Å². The van der Waals surface area contributed by atoms with Crippen molar-refractivity contribution in [2.45, 2.75) is 23.9 Å². The molecule has 9 heteroatoms. The smallest absolute Gasteiger partial charge is 0.259 e. The maximum absolute atomic E-state index is 12.4. The highest BCUT2D eigenvalue weighted by molar-refractivity contribution is 7.89. The van der Waals surface area contributed by atoms with Gasteiger partial charge in [0.15, 0.2) is 5.03 Å². The molecule has 31 heavy (non-hydrogen) atoms. The van der Waals surface area contributed by atoms with Crippen molar-refractivity contribution in [1.29, 1.82) is 0 Å². The molecule has 1 aliphatic rings. The van der Waals surface area contributed by atoms with E-state index in [-0.39, 0.29) is 11.1 Å². The number of nitrogens with one attached hydrogen (secondary N) is 1. The zero-order valence-electron chi connectivity index (χ0n) is 17.5. The summed E-state index contributed by atoms with van der Waals surface area (Å²) in [5, 5.41) is 0.0657. The Balaban J connectivity index is 1.18. The summed E-state index contributed by atoms with van der Waals surface area (Å²) in [7, 11) is -1.82. The number of hydrogen-bond acceptors (Lipinski definition) is 6. The van der Waals surface area contributed by atoms with Gasteiger partial charge in [-0.1, -0.05) is 6.07 Å². The molecule has 1 aliphatic heterocycles. The lowest BCUT2D eigenvalue weighted by Crippen LogP contribution is -2.37.